The van der Waals surface area contributed by atoms with E-state index >= 15 is 0 Å². The molecular weight excluding hydrogens is 296 g/mol. The van der Waals surface area contributed by atoms with Crippen LogP contribution in [0.25, 0.3) is 0 Å². The van der Waals surface area contributed by atoms with Crippen molar-refractivity contribution < 1.29 is 8.42 Å². The van der Waals surface area contributed by atoms with Crippen LogP contribution in [0.1, 0.15) is 32.1 Å². The van der Waals surface area contributed by atoms with Crippen LogP contribution in [0.5, 0.6) is 0 Å². The van der Waals surface area contributed by atoms with Crippen LogP contribution < -0.4 is 11.1 Å². The Morgan fingerprint density at radius 2 is 2.05 bits per heavy atom. The molecule has 0 aliphatic heterocycles. The Hall–Kier alpha value is -0.860. The lowest BCUT2D eigenvalue weighted by Crippen LogP contribution is -2.23. The minimum absolute atomic E-state index is 0.0760. The molecule has 0 amide bonds. The number of aromatic nitrogens is 1. The molecule has 8 heteroatoms. The number of nitrogens with zero attached hydrogens (tertiary/aromatic N) is 2. The maximum atomic E-state index is 12.2. The van der Waals surface area contributed by atoms with E-state index in [1.165, 1.54) is 39.8 Å². The van der Waals surface area contributed by atoms with E-state index in [1.54, 1.807) is 0 Å². The number of sulfonamides is 1. The Balaban J connectivity index is 2.05. The van der Waals surface area contributed by atoms with Crippen molar-refractivity contribution in [2.75, 3.05) is 31.7 Å². The Labute approximate surface area is 124 Å². The molecule has 6 nitrogen and oxygen atoms in total. The summed E-state index contributed by atoms with van der Waals surface area (Å²) in [4.78, 5) is 0.110. The standard InChI is InChI=1S/C12H22N4O2S2/c1-16(2)20(17,18)10-11(13)15-19-12(10)14-8-7-9-5-3-4-6-9/h9,14H,3-8H2,1-2H3,(H2,13,15). The van der Waals surface area contributed by atoms with Crippen molar-refractivity contribution >= 4 is 32.4 Å². The minimum atomic E-state index is -3.55. The molecule has 2 rings (SSSR count). The SMILES string of the molecule is CN(C)S(=O)(=O)c1c(N)nsc1NCCC1CCCC1. The van der Waals surface area contributed by atoms with E-state index in [0.29, 0.717) is 5.00 Å². The van der Waals surface area contributed by atoms with Gasteiger partial charge in [-0.25, -0.2) is 12.7 Å². The Morgan fingerprint density at radius 1 is 1.40 bits per heavy atom. The van der Waals surface area contributed by atoms with Gasteiger partial charge in [0.15, 0.2) is 10.7 Å². The zero-order chi connectivity index (χ0) is 14.8. The summed E-state index contributed by atoms with van der Waals surface area (Å²) >= 11 is 1.11. The van der Waals surface area contributed by atoms with Crippen molar-refractivity contribution in [2.24, 2.45) is 5.92 Å². The molecule has 0 saturated heterocycles. The van der Waals surface area contributed by atoms with Gasteiger partial charge in [0.2, 0.25) is 10.0 Å². The smallest absolute Gasteiger partial charge is 0.249 e. The largest absolute Gasteiger partial charge is 0.382 e. The van der Waals surface area contributed by atoms with E-state index < -0.39 is 10.0 Å². The summed E-state index contributed by atoms with van der Waals surface area (Å²) in [7, 11) is -0.561. The summed E-state index contributed by atoms with van der Waals surface area (Å²) in [6, 6.07) is 0. The topological polar surface area (TPSA) is 88.3 Å². The van der Waals surface area contributed by atoms with Gasteiger partial charge in [0.05, 0.1) is 0 Å². The lowest BCUT2D eigenvalue weighted by Gasteiger charge is -2.14. The molecule has 1 aromatic rings. The summed E-state index contributed by atoms with van der Waals surface area (Å²) in [6.45, 7) is 0.766. The monoisotopic (exact) mass is 318 g/mol. The van der Waals surface area contributed by atoms with Crippen LogP contribution in [0.4, 0.5) is 10.8 Å². The highest BCUT2D eigenvalue weighted by Crippen LogP contribution is 2.33. The fourth-order valence-corrected chi connectivity index (χ4v) is 4.63. The molecule has 0 aromatic carbocycles. The molecule has 1 aliphatic rings. The molecule has 0 bridgehead atoms. The van der Waals surface area contributed by atoms with Gasteiger partial charge in [-0.05, 0) is 23.9 Å². The molecule has 0 atom stereocenters. The second-order valence-electron chi connectivity index (χ2n) is 5.38. The van der Waals surface area contributed by atoms with Gasteiger partial charge in [0.25, 0.3) is 0 Å². The van der Waals surface area contributed by atoms with Gasteiger partial charge in [-0.1, -0.05) is 25.7 Å². The van der Waals surface area contributed by atoms with Crippen LogP contribution >= 0.6 is 11.5 Å². The van der Waals surface area contributed by atoms with E-state index in [1.807, 2.05) is 0 Å². The maximum Gasteiger partial charge on any atom is 0.249 e. The van der Waals surface area contributed by atoms with Gasteiger partial charge in [0, 0.05) is 20.6 Å². The van der Waals surface area contributed by atoms with Crippen LogP contribution in [0, 0.1) is 5.92 Å². The van der Waals surface area contributed by atoms with Crippen molar-refractivity contribution in [1.29, 1.82) is 0 Å². The quantitative estimate of drug-likeness (QED) is 0.837. The molecule has 1 saturated carbocycles. The highest BCUT2D eigenvalue weighted by Gasteiger charge is 2.27. The van der Waals surface area contributed by atoms with E-state index in [0.717, 1.165) is 34.7 Å². The van der Waals surface area contributed by atoms with Crippen molar-refractivity contribution in [1.82, 2.24) is 8.68 Å². The second kappa shape index (κ2) is 6.28. The first-order valence-corrected chi connectivity index (χ1v) is 9.06. The Morgan fingerprint density at radius 3 is 2.65 bits per heavy atom. The minimum Gasteiger partial charge on any atom is -0.382 e. The second-order valence-corrected chi connectivity index (χ2v) is 8.24. The van der Waals surface area contributed by atoms with Gasteiger partial charge in [0.1, 0.15) is 5.00 Å². The lowest BCUT2D eigenvalue weighted by molar-refractivity contribution is 0.517. The fraction of sp³-hybridized carbons (Fsp3) is 0.750. The molecule has 0 unspecified atom stereocenters. The predicted molar refractivity (Wildman–Crippen MR) is 82.5 cm³/mol. The number of anilines is 2. The van der Waals surface area contributed by atoms with Gasteiger partial charge in [-0.15, -0.1) is 0 Å². The summed E-state index contributed by atoms with van der Waals surface area (Å²) < 4.78 is 29.6. The molecule has 1 aliphatic carbocycles. The summed E-state index contributed by atoms with van der Waals surface area (Å²) in [6.07, 6.45) is 6.28. The van der Waals surface area contributed by atoms with Gasteiger partial charge >= 0.3 is 0 Å². The molecule has 114 valence electrons. The fourth-order valence-electron chi connectivity index (χ4n) is 2.53. The average Bonchev–Trinajstić information content (AvgIpc) is 2.99. The molecule has 0 spiro atoms. The van der Waals surface area contributed by atoms with Gasteiger partial charge in [-0.3, -0.25) is 0 Å². The Bertz CT molecular complexity index is 548. The average molecular weight is 318 g/mol. The molecule has 3 N–H and O–H groups in total. The number of rotatable bonds is 6. The first-order chi connectivity index (χ1) is 9.43. The van der Waals surface area contributed by atoms with Gasteiger partial charge in [-0.2, -0.15) is 4.37 Å². The third-order valence-corrected chi connectivity index (χ3v) is 6.56. The zero-order valence-electron chi connectivity index (χ0n) is 11.9. The molecule has 20 heavy (non-hydrogen) atoms. The maximum absolute atomic E-state index is 12.2. The summed E-state index contributed by atoms with van der Waals surface area (Å²) in [5.74, 6) is 0.841. The molecule has 1 fully saturated rings. The first kappa shape index (κ1) is 15.5. The van der Waals surface area contributed by atoms with E-state index in [-0.39, 0.29) is 10.7 Å². The van der Waals surface area contributed by atoms with Crippen LogP contribution in [0.3, 0.4) is 0 Å². The lowest BCUT2D eigenvalue weighted by atomic mass is 10.0. The van der Waals surface area contributed by atoms with Crippen molar-refractivity contribution in [3.63, 3.8) is 0 Å². The van der Waals surface area contributed by atoms with Crippen molar-refractivity contribution in [3.05, 3.63) is 0 Å². The normalized spacial score (nSPS) is 16.9. The highest BCUT2D eigenvalue weighted by atomic mass is 32.2. The third-order valence-electron chi connectivity index (χ3n) is 3.73. The van der Waals surface area contributed by atoms with Crippen LogP contribution in [-0.4, -0.2) is 37.7 Å². The molecule has 0 radical (unpaired) electrons. The summed E-state index contributed by atoms with van der Waals surface area (Å²) in [5.41, 5.74) is 5.71. The number of nitrogen functional groups attached to an aromatic ring is 1. The highest BCUT2D eigenvalue weighted by molar-refractivity contribution is 7.89. The van der Waals surface area contributed by atoms with E-state index in [2.05, 4.69) is 9.69 Å². The number of hydrogen-bond donors (Lipinski definition) is 2. The molecular formula is C12H22N4O2S2. The van der Waals surface area contributed by atoms with Gasteiger partial charge < -0.3 is 11.1 Å². The van der Waals surface area contributed by atoms with Crippen LogP contribution in [0.2, 0.25) is 0 Å². The third kappa shape index (κ3) is 3.24. The van der Waals surface area contributed by atoms with Crippen molar-refractivity contribution in [3.8, 4) is 0 Å². The van der Waals surface area contributed by atoms with E-state index in [9.17, 15) is 8.42 Å². The number of hydrogen-bond acceptors (Lipinski definition) is 6. The number of nitrogens with two attached hydrogens (primary N) is 1. The zero-order valence-corrected chi connectivity index (χ0v) is 13.6. The molecule has 1 aromatic heterocycles. The predicted octanol–water partition coefficient (Wildman–Crippen LogP) is 1.97. The number of nitrogens with one attached hydrogen (secondary N) is 1. The van der Waals surface area contributed by atoms with E-state index in [4.69, 9.17) is 5.73 Å². The van der Waals surface area contributed by atoms with Crippen LogP contribution in [0.15, 0.2) is 4.90 Å². The summed E-state index contributed by atoms with van der Waals surface area (Å²) in [5, 5.41) is 3.74. The Kier molecular flexibility index (Phi) is 4.87. The van der Waals surface area contributed by atoms with Crippen molar-refractivity contribution in [2.45, 2.75) is 37.0 Å². The van der Waals surface area contributed by atoms with Crippen LogP contribution in [-0.2, 0) is 10.0 Å². The molecule has 1 heterocycles. The first-order valence-electron chi connectivity index (χ1n) is 6.84.